The zero-order valence-corrected chi connectivity index (χ0v) is 12.8. The van der Waals surface area contributed by atoms with Crippen molar-refractivity contribution >= 4 is 29.1 Å². The Labute approximate surface area is 133 Å². The Bertz CT molecular complexity index is 705. The highest BCUT2D eigenvalue weighted by atomic mass is 35.5. The summed E-state index contributed by atoms with van der Waals surface area (Å²) in [5, 5.41) is 9.84. The van der Waals surface area contributed by atoms with Crippen molar-refractivity contribution in [1.29, 1.82) is 5.26 Å². The molecule has 0 saturated heterocycles. The average molecular weight is 319 g/mol. The van der Waals surface area contributed by atoms with Gasteiger partial charge in [0.1, 0.15) is 0 Å². The molecule has 0 aliphatic heterocycles. The van der Waals surface area contributed by atoms with Gasteiger partial charge in [0.25, 0.3) is 5.91 Å². The van der Waals surface area contributed by atoms with Gasteiger partial charge in [-0.3, -0.25) is 4.79 Å². The van der Waals surface area contributed by atoms with Gasteiger partial charge < -0.3 is 4.90 Å². The molecule has 0 atom stereocenters. The lowest BCUT2D eigenvalue weighted by Crippen LogP contribution is -2.26. The second-order valence-electron chi connectivity index (χ2n) is 4.59. The van der Waals surface area contributed by atoms with Crippen LogP contribution in [0.2, 0.25) is 10.0 Å². The molecule has 0 bridgehead atoms. The summed E-state index contributed by atoms with van der Waals surface area (Å²) in [6, 6.07) is 13.7. The molecule has 0 N–H and O–H groups in total. The fraction of sp³-hybridized carbons (Fsp3) is 0.125. The average Bonchev–Trinajstić information content (AvgIpc) is 2.49. The van der Waals surface area contributed by atoms with Crippen LogP contribution in [-0.2, 0) is 6.54 Å². The predicted octanol–water partition coefficient (Wildman–Crippen LogP) is 4.14. The van der Waals surface area contributed by atoms with E-state index >= 15 is 0 Å². The molecule has 0 unspecified atom stereocenters. The molecule has 0 fully saturated rings. The summed E-state index contributed by atoms with van der Waals surface area (Å²) in [6.45, 7) is 0.384. The van der Waals surface area contributed by atoms with Crippen molar-refractivity contribution in [2.45, 2.75) is 6.54 Å². The minimum Gasteiger partial charge on any atom is -0.337 e. The van der Waals surface area contributed by atoms with Crippen molar-refractivity contribution in [3.8, 4) is 6.07 Å². The molecule has 106 valence electrons. The van der Waals surface area contributed by atoms with Gasteiger partial charge in [0.15, 0.2) is 0 Å². The van der Waals surface area contributed by atoms with Gasteiger partial charge >= 0.3 is 0 Å². The Morgan fingerprint density at radius 1 is 1.19 bits per heavy atom. The standard InChI is InChI=1S/C16H12Cl2N2O/c1-20(10-13-6-7-14(17)8-15(13)18)16(21)12-4-2-11(9-19)3-5-12/h2-8H,10H2,1H3. The Balaban J connectivity index is 2.13. The second-order valence-corrected chi connectivity index (χ2v) is 5.43. The van der Waals surface area contributed by atoms with Crippen molar-refractivity contribution in [3.63, 3.8) is 0 Å². The third-order valence-electron chi connectivity index (χ3n) is 3.03. The first kappa shape index (κ1) is 15.4. The van der Waals surface area contributed by atoms with Crippen LogP contribution in [0.15, 0.2) is 42.5 Å². The monoisotopic (exact) mass is 318 g/mol. The van der Waals surface area contributed by atoms with E-state index in [9.17, 15) is 4.79 Å². The maximum Gasteiger partial charge on any atom is 0.253 e. The van der Waals surface area contributed by atoms with E-state index in [1.165, 1.54) is 0 Å². The largest absolute Gasteiger partial charge is 0.337 e. The molecule has 21 heavy (non-hydrogen) atoms. The van der Waals surface area contributed by atoms with E-state index in [4.69, 9.17) is 28.5 Å². The Kier molecular flexibility index (Phi) is 4.85. The molecule has 2 rings (SSSR count). The number of hydrogen-bond acceptors (Lipinski definition) is 2. The molecular formula is C16H12Cl2N2O. The predicted molar refractivity (Wildman–Crippen MR) is 83.4 cm³/mol. The fourth-order valence-corrected chi connectivity index (χ4v) is 2.35. The van der Waals surface area contributed by atoms with Crippen molar-refractivity contribution in [3.05, 3.63) is 69.2 Å². The van der Waals surface area contributed by atoms with Gasteiger partial charge in [0, 0.05) is 29.2 Å². The zero-order chi connectivity index (χ0) is 15.4. The van der Waals surface area contributed by atoms with Crippen LogP contribution in [0.3, 0.4) is 0 Å². The second kappa shape index (κ2) is 6.62. The number of rotatable bonds is 3. The van der Waals surface area contributed by atoms with E-state index in [-0.39, 0.29) is 5.91 Å². The van der Waals surface area contributed by atoms with Crippen molar-refractivity contribution in [2.75, 3.05) is 7.05 Å². The van der Waals surface area contributed by atoms with Gasteiger partial charge in [0.05, 0.1) is 11.6 Å². The van der Waals surface area contributed by atoms with Crippen LogP contribution in [-0.4, -0.2) is 17.9 Å². The molecule has 2 aromatic carbocycles. The van der Waals surface area contributed by atoms with E-state index in [0.29, 0.717) is 27.7 Å². The summed E-state index contributed by atoms with van der Waals surface area (Å²) in [4.78, 5) is 13.9. The minimum atomic E-state index is -0.134. The summed E-state index contributed by atoms with van der Waals surface area (Å²) >= 11 is 12.0. The lowest BCUT2D eigenvalue weighted by Gasteiger charge is -2.18. The molecule has 0 spiro atoms. The summed E-state index contributed by atoms with van der Waals surface area (Å²) in [5.74, 6) is -0.134. The first-order valence-electron chi connectivity index (χ1n) is 6.21. The normalized spacial score (nSPS) is 10.0. The maximum absolute atomic E-state index is 12.3. The smallest absolute Gasteiger partial charge is 0.253 e. The molecule has 3 nitrogen and oxygen atoms in total. The van der Waals surface area contributed by atoms with Crippen LogP contribution < -0.4 is 0 Å². The van der Waals surface area contributed by atoms with Gasteiger partial charge in [-0.2, -0.15) is 5.26 Å². The van der Waals surface area contributed by atoms with E-state index in [0.717, 1.165) is 5.56 Å². The van der Waals surface area contributed by atoms with E-state index in [1.807, 2.05) is 6.07 Å². The number of nitriles is 1. The van der Waals surface area contributed by atoms with Crippen molar-refractivity contribution in [2.24, 2.45) is 0 Å². The lowest BCUT2D eigenvalue weighted by atomic mass is 10.1. The number of carbonyl (C=O) groups excluding carboxylic acids is 1. The summed E-state index contributed by atoms with van der Waals surface area (Å²) in [7, 11) is 1.70. The molecule has 0 saturated carbocycles. The van der Waals surface area contributed by atoms with E-state index in [1.54, 1.807) is 54.4 Å². The van der Waals surface area contributed by atoms with E-state index < -0.39 is 0 Å². The molecule has 0 radical (unpaired) electrons. The third-order valence-corrected chi connectivity index (χ3v) is 3.62. The molecule has 2 aromatic rings. The maximum atomic E-state index is 12.3. The van der Waals surface area contributed by atoms with Crippen LogP contribution in [0.25, 0.3) is 0 Å². The quantitative estimate of drug-likeness (QED) is 0.853. The van der Waals surface area contributed by atoms with Gasteiger partial charge in [0.2, 0.25) is 0 Å². The highest BCUT2D eigenvalue weighted by Crippen LogP contribution is 2.22. The van der Waals surface area contributed by atoms with Crippen molar-refractivity contribution in [1.82, 2.24) is 4.90 Å². The minimum absolute atomic E-state index is 0.134. The number of carbonyl (C=O) groups is 1. The topological polar surface area (TPSA) is 44.1 Å². The third kappa shape index (κ3) is 3.75. The zero-order valence-electron chi connectivity index (χ0n) is 11.3. The van der Waals surface area contributed by atoms with Crippen LogP contribution >= 0.6 is 23.2 Å². The number of halogens is 2. The van der Waals surface area contributed by atoms with Gasteiger partial charge in [-0.1, -0.05) is 29.3 Å². The molecule has 0 aromatic heterocycles. The molecular weight excluding hydrogens is 307 g/mol. The number of benzene rings is 2. The fourth-order valence-electron chi connectivity index (χ4n) is 1.88. The van der Waals surface area contributed by atoms with Crippen molar-refractivity contribution < 1.29 is 4.79 Å². The van der Waals surface area contributed by atoms with E-state index in [2.05, 4.69) is 0 Å². The van der Waals surface area contributed by atoms with Gasteiger partial charge in [-0.25, -0.2) is 0 Å². The number of nitrogens with zero attached hydrogens (tertiary/aromatic N) is 2. The Hall–Kier alpha value is -2.02. The molecule has 5 heteroatoms. The SMILES string of the molecule is CN(Cc1ccc(Cl)cc1Cl)C(=O)c1ccc(C#N)cc1. The molecule has 0 heterocycles. The summed E-state index contributed by atoms with van der Waals surface area (Å²) in [5.41, 5.74) is 1.88. The Morgan fingerprint density at radius 2 is 1.86 bits per heavy atom. The van der Waals surface area contributed by atoms with Crippen LogP contribution in [0.4, 0.5) is 0 Å². The lowest BCUT2D eigenvalue weighted by molar-refractivity contribution is 0.0785. The number of hydrogen-bond donors (Lipinski definition) is 0. The summed E-state index contributed by atoms with van der Waals surface area (Å²) in [6.07, 6.45) is 0. The van der Waals surface area contributed by atoms with Crippen LogP contribution in [0.1, 0.15) is 21.5 Å². The highest BCUT2D eigenvalue weighted by Gasteiger charge is 2.13. The first-order chi connectivity index (χ1) is 10.0. The Morgan fingerprint density at radius 3 is 2.43 bits per heavy atom. The van der Waals surface area contributed by atoms with Crippen LogP contribution in [0.5, 0.6) is 0 Å². The highest BCUT2D eigenvalue weighted by molar-refractivity contribution is 6.35. The first-order valence-corrected chi connectivity index (χ1v) is 6.96. The molecule has 0 aliphatic rings. The molecule has 0 aliphatic carbocycles. The molecule has 1 amide bonds. The van der Waals surface area contributed by atoms with Gasteiger partial charge in [-0.15, -0.1) is 0 Å². The summed E-state index contributed by atoms with van der Waals surface area (Å²) < 4.78 is 0. The number of amides is 1. The van der Waals surface area contributed by atoms with Gasteiger partial charge in [-0.05, 0) is 42.0 Å². The van der Waals surface area contributed by atoms with Crippen LogP contribution in [0, 0.1) is 11.3 Å².